The van der Waals surface area contributed by atoms with Gasteiger partial charge >= 0.3 is 0 Å². The third-order valence-electron chi connectivity index (χ3n) is 6.29. The van der Waals surface area contributed by atoms with Gasteiger partial charge in [-0.1, -0.05) is 91.9 Å². The van der Waals surface area contributed by atoms with Crippen molar-refractivity contribution >= 4 is 29.2 Å². The molecule has 2 unspecified atom stereocenters. The van der Waals surface area contributed by atoms with Gasteiger partial charge in [-0.05, 0) is 40.1 Å². The third kappa shape index (κ3) is 3.93. The molecule has 3 nitrogen and oxygen atoms in total. The van der Waals surface area contributed by atoms with E-state index in [1.807, 2.05) is 54.6 Å². The lowest BCUT2D eigenvalue weighted by atomic mass is 9.66. The van der Waals surface area contributed by atoms with Crippen LogP contribution in [0.3, 0.4) is 0 Å². The third-order valence-corrected chi connectivity index (χ3v) is 6.71. The summed E-state index contributed by atoms with van der Waals surface area (Å²) in [6.45, 7) is 3.53. The van der Waals surface area contributed by atoms with E-state index in [1.54, 1.807) is 5.37 Å². The fraction of sp³-hybridized carbons (Fsp3) is 0.231. The van der Waals surface area contributed by atoms with Crippen LogP contribution in [0.15, 0.2) is 84.9 Å². The van der Waals surface area contributed by atoms with Gasteiger partial charge in [0.1, 0.15) is 0 Å². The molecule has 1 aliphatic rings. The van der Waals surface area contributed by atoms with Gasteiger partial charge in [0.15, 0.2) is 0 Å². The molecule has 3 aromatic rings. The molecule has 1 aliphatic heterocycles. The molecule has 1 amide bonds. The van der Waals surface area contributed by atoms with E-state index in [0.29, 0.717) is 6.54 Å². The maximum absolute atomic E-state index is 13.5. The molecular formula is C26H26N2OS. The Morgan fingerprint density at radius 1 is 1.00 bits per heavy atom. The van der Waals surface area contributed by atoms with Gasteiger partial charge < -0.3 is 10.6 Å². The summed E-state index contributed by atoms with van der Waals surface area (Å²) in [6, 6.07) is 28.5. The molecule has 152 valence electrons. The van der Waals surface area contributed by atoms with Crippen LogP contribution in [0.2, 0.25) is 0 Å². The van der Waals surface area contributed by atoms with Crippen molar-refractivity contribution in [1.82, 2.24) is 5.32 Å². The van der Waals surface area contributed by atoms with E-state index >= 15 is 0 Å². The lowest BCUT2D eigenvalue weighted by molar-refractivity contribution is -0.125. The Bertz CT molecular complexity index is 1020. The highest BCUT2D eigenvalue weighted by molar-refractivity contribution is 7.79. The number of rotatable bonds is 5. The van der Waals surface area contributed by atoms with Crippen LogP contribution in [0.25, 0.3) is 11.1 Å². The predicted octanol–water partition coefficient (Wildman–Crippen LogP) is 5.30. The summed E-state index contributed by atoms with van der Waals surface area (Å²) in [7, 11) is 0. The van der Waals surface area contributed by atoms with E-state index < -0.39 is 5.41 Å². The number of thiocarbonyl (C=S) groups is 1. The highest BCUT2D eigenvalue weighted by atomic mass is 32.1. The smallest absolute Gasteiger partial charge is 0.236 e. The van der Waals surface area contributed by atoms with Crippen LogP contribution in [0, 0.1) is 11.3 Å². The molecule has 0 aliphatic carbocycles. The molecule has 4 rings (SSSR count). The number of piperidine rings is 1. The number of amides is 1. The standard InChI is InChI=1S/C26H26N2OS/c1-19-24(21-11-6-3-7-12-21)16-27-17-26(19,18-30)25(29)28-23-14-8-13-22(15-23)20-9-4-2-5-10-20/h2-15,18-19,24,27H,16-17H2,1H3,(H,28,29)/t19?,24-,26?/m0/s1. The summed E-state index contributed by atoms with van der Waals surface area (Å²) in [5.41, 5.74) is 3.46. The van der Waals surface area contributed by atoms with Gasteiger partial charge in [0.2, 0.25) is 5.91 Å². The number of hydrogen-bond donors (Lipinski definition) is 2. The van der Waals surface area contributed by atoms with Gasteiger partial charge in [0.05, 0.1) is 5.41 Å². The Morgan fingerprint density at radius 2 is 1.67 bits per heavy atom. The highest BCUT2D eigenvalue weighted by Gasteiger charge is 2.47. The first-order chi connectivity index (χ1) is 14.6. The second kappa shape index (κ2) is 8.90. The molecule has 4 heteroatoms. The molecule has 0 spiro atoms. The number of carbonyl (C=O) groups is 1. The Morgan fingerprint density at radius 3 is 2.37 bits per heavy atom. The first-order valence-corrected chi connectivity index (χ1v) is 10.8. The SMILES string of the molecule is CC1[C@@H](c2ccccc2)CNCC1(C=S)C(=O)Nc1cccc(-c2ccccc2)c1. The maximum atomic E-state index is 13.5. The van der Waals surface area contributed by atoms with Crippen LogP contribution in [0.5, 0.6) is 0 Å². The van der Waals surface area contributed by atoms with Crippen molar-refractivity contribution in [2.45, 2.75) is 12.8 Å². The minimum atomic E-state index is -0.753. The zero-order valence-electron chi connectivity index (χ0n) is 17.0. The van der Waals surface area contributed by atoms with Gasteiger partial charge in [-0.2, -0.15) is 0 Å². The van der Waals surface area contributed by atoms with Crippen LogP contribution in [-0.4, -0.2) is 24.4 Å². The van der Waals surface area contributed by atoms with E-state index in [0.717, 1.165) is 23.4 Å². The second-order valence-corrected chi connectivity index (χ2v) is 8.23. The largest absolute Gasteiger partial charge is 0.325 e. The van der Waals surface area contributed by atoms with Gasteiger partial charge in [0.25, 0.3) is 0 Å². The summed E-state index contributed by atoms with van der Waals surface area (Å²) >= 11 is 5.43. The molecule has 0 aromatic heterocycles. The van der Waals surface area contributed by atoms with Crippen LogP contribution in [0.1, 0.15) is 18.4 Å². The Labute approximate surface area is 183 Å². The minimum Gasteiger partial charge on any atom is -0.325 e. The molecule has 0 bridgehead atoms. The Kier molecular flexibility index (Phi) is 6.07. The quantitative estimate of drug-likeness (QED) is 0.557. The lowest BCUT2D eigenvalue weighted by Crippen LogP contribution is -2.56. The summed E-state index contributed by atoms with van der Waals surface area (Å²) in [5, 5.41) is 8.25. The number of benzene rings is 3. The molecule has 1 saturated heterocycles. The van der Waals surface area contributed by atoms with Crippen molar-refractivity contribution < 1.29 is 4.79 Å². The molecule has 3 atom stereocenters. The number of nitrogens with one attached hydrogen (secondary N) is 2. The molecule has 1 heterocycles. The van der Waals surface area contributed by atoms with Crippen molar-refractivity contribution in [3.8, 4) is 11.1 Å². The second-order valence-electron chi connectivity index (χ2n) is 8.00. The molecule has 1 fully saturated rings. The monoisotopic (exact) mass is 414 g/mol. The fourth-order valence-electron chi connectivity index (χ4n) is 4.38. The number of hydrogen-bond acceptors (Lipinski definition) is 3. The van der Waals surface area contributed by atoms with E-state index in [-0.39, 0.29) is 17.7 Å². The normalized spacial score (nSPS) is 23.5. The topological polar surface area (TPSA) is 41.1 Å². The van der Waals surface area contributed by atoms with E-state index in [2.05, 4.69) is 47.9 Å². The Balaban J connectivity index is 1.59. The Hall–Kier alpha value is -2.82. The van der Waals surface area contributed by atoms with Crippen molar-refractivity contribution in [2.75, 3.05) is 18.4 Å². The van der Waals surface area contributed by atoms with Crippen molar-refractivity contribution in [3.63, 3.8) is 0 Å². The fourth-order valence-corrected chi connectivity index (χ4v) is 4.79. The maximum Gasteiger partial charge on any atom is 0.236 e. The van der Waals surface area contributed by atoms with E-state index in [1.165, 1.54) is 5.56 Å². The molecule has 30 heavy (non-hydrogen) atoms. The van der Waals surface area contributed by atoms with Gasteiger partial charge in [-0.25, -0.2) is 0 Å². The average Bonchev–Trinajstić information content (AvgIpc) is 2.80. The molecule has 0 saturated carbocycles. The summed E-state index contributed by atoms with van der Waals surface area (Å²) in [4.78, 5) is 13.5. The zero-order chi connectivity index (χ0) is 21.0. The molecular weight excluding hydrogens is 388 g/mol. The molecule has 3 aromatic carbocycles. The first-order valence-electron chi connectivity index (χ1n) is 10.3. The van der Waals surface area contributed by atoms with E-state index in [9.17, 15) is 4.79 Å². The van der Waals surface area contributed by atoms with Gasteiger partial charge in [-0.3, -0.25) is 4.79 Å². The molecule has 2 N–H and O–H groups in total. The summed E-state index contributed by atoms with van der Waals surface area (Å²) in [6.07, 6.45) is 0. The minimum absolute atomic E-state index is 0.0525. The average molecular weight is 415 g/mol. The van der Waals surface area contributed by atoms with Gasteiger partial charge in [0, 0.05) is 24.7 Å². The first kappa shape index (κ1) is 20.5. The summed E-state index contributed by atoms with van der Waals surface area (Å²) < 4.78 is 0. The van der Waals surface area contributed by atoms with E-state index in [4.69, 9.17) is 12.2 Å². The van der Waals surface area contributed by atoms with Crippen LogP contribution < -0.4 is 10.6 Å². The number of anilines is 1. The highest BCUT2D eigenvalue weighted by Crippen LogP contribution is 2.41. The predicted molar refractivity (Wildman–Crippen MR) is 128 cm³/mol. The zero-order valence-corrected chi connectivity index (χ0v) is 17.9. The van der Waals surface area contributed by atoms with Crippen LogP contribution >= 0.6 is 12.2 Å². The summed E-state index contributed by atoms with van der Waals surface area (Å²) in [5.74, 6) is 0.250. The van der Waals surface area contributed by atoms with Crippen molar-refractivity contribution in [3.05, 3.63) is 90.5 Å². The molecule has 0 radical (unpaired) electrons. The van der Waals surface area contributed by atoms with Gasteiger partial charge in [-0.15, -0.1) is 0 Å². The van der Waals surface area contributed by atoms with Crippen LogP contribution in [0.4, 0.5) is 5.69 Å². The van der Waals surface area contributed by atoms with Crippen molar-refractivity contribution in [1.29, 1.82) is 0 Å². The lowest BCUT2D eigenvalue weighted by Gasteiger charge is -2.43. The number of carbonyl (C=O) groups excluding carboxylic acids is 1. The van der Waals surface area contributed by atoms with Crippen LogP contribution in [-0.2, 0) is 4.79 Å². The van der Waals surface area contributed by atoms with Crippen molar-refractivity contribution in [2.24, 2.45) is 11.3 Å².